The van der Waals surface area contributed by atoms with Crippen molar-refractivity contribution < 1.29 is 18.5 Å². The van der Waals surface area contributed by atoms with Gasteiger partial charge in [0.2, 0.25) is 11.8 Å². The Bertz CT molecular complexity index is 1210. The topological polar surface area (TPSA) is 123 Å². The van der Waals surface area contributed by atoms with E-state index in [4.69, 9.17) is 4.52 Å². The summed E-state index contributed by atoms with van der Waals surface area (Å²) < 4.78 is 19.0. The number of hydrogen-bond acceptors (Lipinski definition) is 7. The molecule has 0 atom stereocenters. The van der Waals surface area contributed by atoms with Crippen molar-refractivity contribution >= 4 is 17.9 Å². The Labute approximate surface area is 169 Å². The number of imide groups is 1. The Balaban J connectivity index is 1.50. The normalized spacial score (nSPS) is 10.4. The van der Waals surface area contributed by atoms with E-state index >= 15 is 0 Å². The van der Waals surface area contributed by atoms with E-state index in [1.54, 1.807) is 30.3 Å². The maximum atomic E-state index is 13.9. The van der Waals surface area contributed by atoms with Gasteiger partial charge in [-0.05, 0) is 30.3 Å². The molecule has 0 saturated carbocycles. The van der Waals surface area contributed by atoms with Crippen LogP contribution < -0.4 is 10.6 Å². The van der Waals surface area contributed by atoms with Gasteiger partial charge in [0.25, 0.3) is 11.8 Å². The number of anilines is 1. The van der Waals surface area contributed by atoms with Crippen molar-refractivity contribution in [1.82, 2.24) is 25.4 Å². The largest absolute Gasteiger partial charge is 0.334 e. The number of rotatable bonds is 4. The summed E-state index contributed by atoms with van der Waals surface area (Å²) in [7, 11) is 0. The van der Waals surface area contributed by atoms with Gasteiger partial charge < -0.3 is 4.52 Å². The van der Waals surface area contributed by atoms with Gasteiger partial charge in [-0.3, -0.25) is 15.4 Å². The van der Waals surface area contributed by atoms with Crippen molar-refractivity contribution in [3.8, 4) is 22.8 Å². The van der Waals surface area contributed by atoms with E-state index in [0.29, 0.717) is 5.56 Å². The van der Waals surface area contributed by atoms with Crippen LogP contribution in [0.5, 0.6) is 0 Å². The molecule has 2 aromatic carbocycles. The number of aromatic nitrogens is 4. The molecule has 10 heteroatoms. The van der Waals surface area contributed by atoms with Crippen molar-refractivity contribution in [2.24, 2.45) is 0 Å². The maximum absolute atomic E-state index is 13.9. The molecule has 148 valence electrons. The first-order chi connectivity index (χ1) is 14.6. The second kappa shape index (κ2) is 8.27. The van der Waals surface area contributed by atoms with Crippen LogP contribution in [0.25, 0.3) is 22.8 Å². The standard InChI is InChI=1S/C20H13FN6O3/c21-15-8-2-1-7-14(15)18-24-16(27-30-18)12-5-3-6-13(11-12)17(28)25-20(29)26-19-22-9-4-10-23-19/h1-11H,(H2,22,23,25,26,28,29). The fourth-order valence-corrected chi connectivity index (χ4v) is 2.56. The van der Waals surface area contributed by atoms with E-state index in [0.717, 1.165) is 0 Å². The van der Waals surface area contributed by atoms with E-state index in [9.17, 15) is 14.0 Å². The molecule has 0 unspecified atom stereocenters. The van der Waals surface area contributed by atoms with Crippen molar-refractivity contribution in [3.05, 3.63) is 78.4 Å². The Morgan fingerprint density at radius 1 is 0.967 bits per heavy atom. The van der Waals surface area contributed by atoms with Gasteiger partial charge in [-0.1, -0.05) is 29.4 Å². The van der Waals surface area contributed by atoms with Crippen LogP contribution in [0.2, 0.25) is 0 Å². The average Bonchev–Trinajstić information content (AvgIpc) is 3.25. The number of benzene rings is 2. The molecule has 4 rings (SSSR count). The predicted octanol–water partition coefficient (Wildman–Crippen LogP) is 3.29. The van der Waals surface area contributed by atoms with Gasteiger partial charge in [-0.15, -0.1) is 0 Å². The number of nitrogens with zero attached hydrogens (tertiary/aromatic N) is 4. The van der Waals surface area contributed by atoms with Crippen molar-refractivity contribution in [2.45, 2.75) is 0 Å². The molecule has 0 spiro atoms. The quantitative estimate of drug-likeness (QED) is 0.535. The number of urea groups is 1. The number of amides is 3. The monoisotopic (exact) mass is 404 g/mol. The first kappa shape index (κ1) is 18.9. The van der Waals surface area contributed by atoms with Crippen LogP contribution >= 0.6 is 0 Å². The molecule has 3 amide bonds. The Hall–Kier alpha value is -4.47. The summed E-state index contributed by atoms with van der Waals surface area (Å²) in [5, 5.41) is 8.37. The molecule has 0 aliphatic carbocycles. The molecular weight excluding hydrogens is 391 g/mol. The summed E-state index contributed by atoms with van der Waals surface area (Å²) in [5.41, 5.74) is 0.819. The summed E-state index contributed by atoms with van der Waals surface area (Å²) in [4.78, 5) is 36.2. The van der Waals surface area contributed by atoms with Gasteiger partial charge in [0, 0.05) is 23.5 Å². The van der Waals surface area contributed by atoms with Gasteiger partial charge in [-0.2, -0.15) is 4.98 Å². The lowest BCUT2D eigenvalue weighted by Gasteiger charge is -2.06. The Morgan fingerprint density at radius 2 is 1.77 bits per heavy atom. The summed E-state index contributed by atoms with van der Waals surface area (Å²) in [6, 6.07) is 13.1. The van der Waals surface area contributed by atoms with Crippen molar-refractivity contribution in [2.75, 3.05) is 5.32 Å². The highest BCUT2D eigenvalue weighted by molar-refractivity contribution is 6.07. The average molecular weight is 404 g/mol. The van der Waals surface area contributed by atoms with E-state index in [1.807, 2.05) is 0 Å². The number of carbonyl (C=O) groups is 2. The molecule has 9 nitrogen and oxygen atoms in total. The fraction of sp³-hybridized carbons (Fsp3) is 0. The van der Waals surface area contributed by atoms with E-state index in [2.05, 4.69) is 30.7 Å². The lowest BCUT2D eigenvalue weighted by atomic mass is 10.1. The number of halogens is 1. The van der Waals surface area contributed by atoms with Crippen LogP contribution in [-0.2, 0) is 0 Å². The van der Waals surface area contributed by atoms with Crippen molar-refractivity contribution in [1.29, 1.82) is 0 Å². The third-order valence-corrected chi connectivity index (χ3v) is 3.93. The molecule has 0 aliphatic heterocycles. The SMILES string of the molecule is O=C(NC(=O)c1cccc(-c2noc(-c3ccccc3F)n2)c1)Nc1ncccn1. The van der Waals surface area contributed by atoms with E-state index in [1.165, 1.54) is 36.7 Å². The zero-order valence-electron chi connectivity index (χ0n) is 15.2. The number of carbonyl (C=O) groups excluding carboxylic acids is 2. The lowest BCUT2D eigenvalue weighted by molar-refractivity contribution is 0.0967. The molecule has 0 bridgehead atoms. The molecule has 0 fully saturated rings. The molecule has 2 heterocycles. The van der Waals surface area contributed by atoms with Gasteiger partial charge in [0.1, 0.15) is 5.82 Å². The minimum Gasteiger partial charge on any atom is -0.334 e. The number of nitrogens with one attached hydrogen (secondary N) is 2. The zero-order chi connectivity index (χ0) is 20.9. The van der Waals surface area contributed by atoms with Crippen LogP contribution in [0.4, 0.5) is 15.1 Å². The van der Waals surface area contributed by atoms with Gasteiger partial charge in [-0.25, -0.2) is 19.2 Å². The Morgan fingerprint density at radius 3 is 2.57 bits per heavy atom. The fourth-order valence-electron chi connectivity index (χ4n) is 2.56. The molecular formula is C20H13FN6O3. The van der Waals surface area contributed by atoms with Crippen LogP contribution in [0.15, 0.2) is 71.5 Å². The third-order valence-electron chi connectivity index (χ3n) is 3.93. The minimum absolute atomic E-state index is 0.0141. The molecule has 4 aromatic rings. The highest BCUT2D eigenvalue weighted by Gasteiger charge is 2.16. The molecule has 0 radical (unpaired) electrons. The minimum atomic E-state index is -0.780. The first-order valence-electron chi connectivity index (χ1n) is 8.68. The van der Waals surface area contributed by atoms with Crippen LogP contribution in [0, 0.1) is 5.82 Å². The predicted molar refractivity (Wildman–Crippen MR) is 104 cm³/mol. The first-order valence-corrected chi connectivity index (χ1v) is 8.68. The molecule has 30 heavy (non-hydrogen) atoms. The van der Waals surface area contributed by atoms with Gasteiger partial charge in [0.15, 0.2) is 0 Å². The molecule has 2 N–H and O–H groups in total. The maximum Gasteiger partial charge on any atom is 0.328 e. The Kier molecular flexibility index (Phi) is 5.20. The van der Waals surface area contributed by atoms with Gasteiger partial charge in [0.05, 0.1) is 5.56 Å². The smallest absolute Gasteiger partial charge is 0.328 e. The summed E-state index contributed by atoms with van der Waals surface area (Å²) >= 11 is 0. The van der Waals surface area contributed by atoms with Crippen LogP contribution in [-0.4, -0.2) is 32.0 Å². The summed E-state index contributed by atoms with van der Waals surface area (Å²) in [5.74, 6) is -0.897. The van der Waals surface area contributed by atoms with Crippen LogP contribution in [0.3, 0.4) is 0 Å². The number of hydrogen-bond donors (Lipinski definition) is 2. The van der Waals surface area contributed by atoms with E-state index in [-0.39, 0.29) is 28.8 Å². The third kappa shape index (κ3) is 4.17. The van der Waals surface area contributed by atoms with Crippen molar-refractivity contribution in [3.63, 3.8) is 0 Å². The highest BCUT2D eigenvalue weighted by atomic mass is 19.1. The van der Waals surface area contributed by atoms with Gasteiger partial charge >= 0.3 is 6.03 Å². The second-order valence-corrected chi connectivity index (χ2v) is 5.96. The summed E-state index contributed by atoms with van der Waals surface area (Å²) in [6.07, 6.45) is 2.91. The highest BCUT2D eigenvalue weighted by Crippen LogP contribution is 2.24. The second-order valence-electron chi connectivity index (χ2n) is 5.96. The molecule has 0 saturated heterocycles. The van der Waals surface area contributed by atoms with Crippen LogP contribution in [0.1, 0.15) is 10.4 Å². The van der Waals surface area contributed by atoms with E-state index < -0.39 is 17.8 Å². The molecule has 0 aliphatic rings. The summed E-state index contributed by atoms with van der Waals surface area (Å²) in [6.45, 7) is 0. The molecule has 2 aromatic heterocycles. The zero-order valence-corrected chi connectivity index (χ0v) is 15.2. The lowest BCUT2D eigenvalue weighted by Crippen LogP contribution is -2.34.